The first kappa shape index (κ1) is 8.64. The standard InChI is InChI=1S/C9H13N3O/c1-8(11-12-8)6-9(7-10)2-4-13-5-3-9/h2-6H2,1H3. The van der Waals surface area contributed by atoms with E-state index in [1.807, 2.05) is 6.92 Å². The molecule has 2 aliphatic heterocycles. The fourth-order valence-corrected chi connectivity index (χ4v) is 1.89. The zero-order chi connectivity index (χ0) is 9.36. The van der Waals surface area contributed by atoms with Crippen molar-refractivity contribution in [3.05, 3.63) is 0 Å². The van der Waals surface area contributed by atoms with E-state index in [0.717, 1.165) is 19.3 Å². The van der Waals surface area contributed by atoms with Crippen LogP contribution in [-0.4, -0.2) is 18.9 Å². The second-order valence-electron chi connectivity index (χ2n) is 4.10. The number of rotatable bonds is 2. The van der Waals surface area contributed by atoms with Crippen LogP contribution < -0.4 is 0 Å². The summed E-state index contributed by atoms with van der Waals surface area (Å²) in [5.74, 6) is 0. The molecule has 2 rings (SSSR count). The van der Waals surface area contributed by atoms with E-state index in [1.165, 1.54) is 0 Å². The van der Waals surface area contributed by atoms with Gasteiger partial charge >= 0.3 is 0 Å². The molecule has 0 bridgehead atoms. The highest BCUT2D eigenvalue weighted by Crippen LogP contribution is 2.44. The van der Waals surface area contributed by atoms with Gasteiger partial charge < -0.3 is 4.74 Å². The Hall–Kier alpha value is -0.950. The van der Waals surface area contributed by atoms with Gasteiger partial charge in [0.25, 0.3) is 0 Å². The average molecular weight is 179 g/mol. The quantitative estimate of drug-likeness (QED) is 0.649. The molecule has 1 saturated heterocycles. The molecule has 0 atom stereocenters. The minimum absolute atomic E-state index is 0.240. The molecule has 2 aliphatic rings. The topological polar surface area (TPSA) is 57.7 Å². The maximum atomic E-state index is 9.14. The Balaban J connectivity index is 2.02. The van der Waals surface area contributed by atoms with Gasteiger partial charge in [0.05, 0.1) is 11.5 Å². The fraction of sp³-hybridized carbons (Fsp3) is 0.889. The predicted molar refractivity (Wildman–Crippen MR) is 46.0 cm³/mol. The highest BCUT2D eigenvalue weighted by molar-refractivity contribution is 5.07. The first-order chi connectivity index (χ1) is 6.18. The van der Waals surface area contributed by atoms with E-state index in [1.54, 1.807) is 0 Å². The number of ether oxygens (including phenoxy) is 1. The van der Waals surface area contributed by atoms with Crippen molar-refractivity contribution < 1.29 is 4.74 Å². The van der Waals surface area contributed by atoms with Gasteiger partial charge in [0, 0.05) is 19.6 Å². The Labute approximate surface area is 77.6 Å². The zero-order valence-corrected chi connectivity index (χ0v) is 7.79. The molecular formula is C9H13N3O. The lowest BCUT2D eigenvalue weighted by Crippen LogP contribution is -2.32. The summed E-state index contributed by atoms with van der Waals surface area (Å²) in [4.78, 5) is 0. The normalized spacial score (nSPS) is 28.0. The van der Waals surface area contributed by atoms with Crippen molar-refractivity contribution in [2.45, 2.75) is 31.8 Å². The van der Waals surface area contributed by atoms with Gasteiger partial charge in [-0.3, -0.25) is 0 Å². The van der Waals surface area contributed by atoms with Gasteiger partial charge in [-0.05, 0) is 19.8 Å². The number of hydrogen-bond donors (Lipinski definition) is 0. The fourth-order valence-electron chi connectivity index (χ4n) is 1.89. The monoisotopic (exact) mass is 179 g/mol. The van der Waals surface area contributed by atoms with Crippen molar-refractivity contribution in [2.75, 3.05) is 13.2 Å². The number of hydrogen-bond acceptors (Lipinski definition) is 4. The molecule has 0 N–H and O–H groups in total. The maximum absolute atomic E-state index is 9.14. The predicted octanol–water partition coefficient (Wildman–Crippen LogP) is 1.88. The molecule has 13 heavy (non-hydrogen) atoms. The highest BCUT2D eigenvalue weighted by Gasteiger charge is 2.45. The van der Waals surface area contributed by atoms with Crippen LogP contribution in [0.4, 0.5) is 0 Å². The maximum Gasteiger partial charge on any atom is 0.189 e. The molecule has 0 aromatic rings. The second-order valence-corrected chi connectivity index (χ2v) is 4.10. The Morgan fingerprint density at radius 3 is 2.46 bits per heavy atom. The van der Waals surface area contributed by atoms with Gasteiger partial charge in [0.1, 0.15) is 0 Å². The van der Waals surface area contributed by atoms with E-state index in [4.69, 9.17) is 10.00 Å². The minimum Gasteiger partial charge on any atom is -0.381 e. The van der Waals surface area contributed by atoms with Crippen molar-refractivity contribution in [3.63, 3.8) is 0 Å². The van der Waals surface area contributed by atoms with E-state index in [-0.39, 0.29) is 11.1 Å². The number of nitrogens with zero attached hydrogens (tertiary/aromatic N) is 3. The summed E-state index contributed by atoms with van der Waals surface area (Å²) in [7, 11) is 0. The third-order valence-electron chi connectivity index (χ3n) is 2.80. The zero-order valence-electron chi connectivity index (χ0n) is 7.79. The van der Waals surface area contributed by atoms with Crippen LogP contribution >= 0.6 is 0 Å². The molecule has 0 aromatic heterocycles. The van der Waals surface area contributed by atoms with Gasteiger partial charge in [-0.15, -0.1) is 0 Å². The van der Waals surface area contributed by atoms with Crippen molar-refractivity contribution in [3.8, 4) is 6.07 Å². The van der Waals surface area contributed by atoms with Crippen molar-refractivity contribution in [1.29, 1.82) is 5.26 Å². The second kappa shape index (κ2) is 2.78. The van der Waals surface area contributed by atoms with Crippen molar-refractivity contribution >= 4 is 0 Å². The molecule has 0 spiro atoms. The average Bonchev–Trinajstić information content (AvgIpc) is 2.85. The van der Waals surface area contributed by atoms with Crippen LogP contribution in [0, 0.1) is 16.7 Å². The smallest absolute Gasteiger partial charge is 0.189 e. The molecular weight excluding hydrogens is 166 g/mol. The van der Waals surface area contributed by atoms with Crippen LogP contribution in [-0.2, 0) is 4.74 Å². The van der Waals surface area contributed by atoms with Crippen LogP contribution in [0.1, 0.15) is 26.2 Å². The van der Waals surface area contributed by atoms with Crippen LogP contribution in [0.2, 0.25) is 0 Å². The van der Waals surface area contributed by atoms with Gasteiger partial charge in [0.15, 0.2) is 5.66 Å². The third-order valence-corrected chi connectivity index (χ3v) is 2.80. The molecule has 1 fully saturated rings. The molecule has 70 valence electrons. The van der Waals surface area contributed by atoms with Gasteiger partial charge in [0.2, 0.25) is 0 Å². The summed E-state index contributed by atoms with van der Waals surface area (Å²) in [6.45, 7) is 3.37. The molecule has 4 heteroatoms. The Morgan fingerprint density at radius 2 is 2.00 bits per heavy atom. The van der Waals surface area contributed by atoms with Crippen LogP contribution in [0.3, 0.4) is 0 Å². The SMILES string of the molecule is CC1(CC2(C#N)CCOCC2)N=N1. The largest absolute Gasteiger partial charge is 0.381 e. The lowest BCUT2D eigenvalue weighted by atomic mass is 9.76. The summed E-state index contributed by atoms with van der Waals surface area (Å²) in [5.41, 5.74) is -0.496. The number of nitriles is 1. The van der Waals surface area contributed by atoms with E-state index in [2.05, 4.69) is 16.3 Å². The van der Waals surface area contributed by atoms with Crippen LogP contribution in [0.15, 0.2) is 10.2 Å². The van der Waals surface area contributed by atoms with E-state index < -0.39 is 0 Å². The molecule has 0 amide bonds. The lowest BCUT2D eigenvalue weighted by molar-refractivity contribution is 0.0327. The Kier molecular flexibility index (Phi) is 1.85. The first-order valence-electron chi connectivity index (χ1n) is 4.61. The van der Waals surface area contributed by atoms with Crippen molar-refractivity contribution in [2.24, 2.45) is 15.6 Å². The molecule has 4 nitrogen and oxygen atoms in total. The Morgan fingerprint density at radius 1 is 1.38 bits per heavy atom. The van der Waals surface area contributed by atoms with Gasteiger partial charge in [-0.25, -0.2) is 0 Å². The van der Waals surface area contributed by atoms with E-state index in [0.29, 0.717) is 13.2 Å². The highest BCUT2D eigenvalue weighted by atomic mass is 16.5. The van der Waals surface area contributed by atoms with Gasteiger partial charge in [-0.1, -0.05) is 0 Å². The van der Waals surface area contributed by atoms with E-state index in [9.17, 15) is 0 Å². The summed E-state index contributed by atoms with van der Waals surface area (Å²) >= 11 is 0. The summed E-state index contributed by atoms with van der Waals surface area (Å²) in [6, 6.07) is 2.41. The van der Waals surface area contributed by atoms with Crippen molar-refractivity contribution in [1.82, 2.24) is 0 Å². The molecule has 0 radical (unpaired) electrons. The molecule has 0 aliphatic carbocycles. The lowest BCUT2D eigenvalue weighted by Gasteiger charge is -2.31. The Bertz CT molecular complexity index is 267. The van der Waals surface area contributed by atoms with E-state index >= 15 is 0 Å². The minimum atomic E-state index is -0.257. The first-order valence-corrected chi connectivity index (χ1v) is 4.61. The summed E-state index contributed by atoms with van der Waals surface area (Å²) in [6.07, 6.45) is 2.41. The third kappa shape index (κ3) is 1.70. The van der Waals surface area contributed by atoms with Crippen LogP contribution in [0.5, 0.6) is 0 Å². The molecule has 2 heterocycles. The molecule has 0 aromatic carbocycles. The summed E-state index contributed by atoms with van der Waals surface area (Å²) < 4.78 is 5.25. The van der Waals surface area contributed by atoms with Gasteiger partial charge in [-0.2, -0.15) is 15.5 Å². The summed E-state index contributed by atoms with van der Waals surface area (Å²) in [5, 5.41) is 17.1. The van der Waals surface area contributed by atoms with Crippen LogP contribution in [0.25, 0.3) is 0 Å². The molecule has 0 saturated carbocycles. The molecule has 0 unspecified atom stereocenters.